The molecule has 0 aliphatic heterocycles. The Morgan fingerprint density at radius 2 is 0.964 bits per heavy atom. The molecule has 0 unspecified atom stereocenters. The quantitative estimate of drug-likeness (QED) is 0.173. The van der Waals surface area contributed by atoms with Gasteiger partial charge in [0.2, 0.25) is 0 Å². The van der Waals surface area contributed by atoms with E-state index in [1.165, 1.54) is 0 Å². The van der Waals surface area contributed by atoms with E-state index in [0.29, 0.717) is 28.9 Å². The van der Waals surface area contributed by atoms with Crippen molar-refractivity contribution in [3.8, 4) is 56.5 Å². The molecule has 7 aromatic carbocycles. The standard InChI is InChI=1S/C48H30N6S/c49-41-24-23-40-43(45(41)54-55)39-22-21-35(28-42(39)50-44(40)31-11-2-1-3-12-31)34-15-8-16-36(27-34)46-51-47(37-19-17-29-9-4-6-13-32(29)25-37)53-48(52-46)38-20-18-30-10-5-7-14-33(30)26-38/h1-28,49,55H/b49-41?,54-45+. The smallest absolute Gasteiger partial charge is 0.164 e. The molecule has 1 N–H and O–H groups in total. The number of allylic oxidation sites excluding steroid dienone is 1. The normalized spacial score (nSPS) is 13.2. The summed E-state index contributed by atoms with van der Waals surface area (Å²) in [7, 11) is 0. The molecule has 0 amide bonds. The summed E-state index contributed by atoms with van der Waals surface area (Å²) < 4.78 is 4.26. The summed E-state index contributed by atoms with van der Waals surface area (Å²) in [4.78, 5) is 20.4. The van der Waals surface area contributed by atoms with E-state index in [4.69, 9.17) is 25.3 Å². The van der Waals surface area contributed by atoms with Gasteiger partial charge < -0.3 is 0 Å². The van der Waals surface area contributed by atoms with Gasteiger partial charge in [0.1, 0.15) is 5.71 Å². The Bertz CT molecular complexity index is 2980. The van der Waals surface area contributed by atoms with E-state index in [0.717, 1.165) is 82.6 Å². The number of fused-ring (bicyclic) bond motifs is 5. The maximum absolute atomic E-state index is 8.62. The van der Waals surface area contributed by atoms with Crippen molar-refractivity contribution < 1.29 is 0 Å². The fourth-order valence-electron chi connectivity index (χ4n) is 7.43. The number of nitrogens with zero attached hydrogens (tertiary/aromatic N) is 5. The van der Waals surface area contributed by atoms with Crippen LogP contribution in [0.1, 0.15) is 11.1 Å². The predicted molar refractivity (Wildman–Crippen MR) is 230 cm³/mol. The largest absolute Gasteiger partial charge is 0.299 e. The summed E-state index contributed by atoms with van der Waals surface area (Å²) in [6.45, 7) is 0. The maximum atomic E-state index is 8.62. The Labute approximate surface area is 322 Å². The van der Waals surface area contributed by atoms with Crippen LogP contribution in [0.4, 0.5) is 0 Å². The SMILES string of the molecule is N=C1C=Cc2c(-c3ccccc3)nc3cc(-c4cccc(-c5nc(-c6ccc7ccccc7c6)nc(-c6ccc7ccccc7c6)n5)c4)ccc3c2/C1=N/S. The van der Waals surface area contributed by atoms with E-state index in [1.54, 1.807) is 6.08 Å². The van der Waals surface area contributed by atoms with E-state index in [9.17, 15) is 0 Å². The first-order chi connectivity index (χ1) is 27.1. The van der Waals surface area contributed by atoms with E-state index in [1.807, 2.05) is 60.7 Å². The van der Waals surface area contributed by atoms with Gasteiger partial charge in [0.05, 0.1) is 16.9 Å². The van der Waals surface area contributed by atoms with Crippen LogP contribution in [0.15, 0.2) is 168 Å². The Morgan fingerprint density at radius 1 is 0.436 bits per heavy atom. The van der Waals surface area contributed by atoms with Crippen molar-refractivity contribution in [2.45, 2.75) is 0 Å². The van der Waals surface area contributed by atoms with Crippen molar-refractivity contribution >= 4 is 62.8 Å². The second-order valence-electron chi connectivity index (χ2n) is 13.6. The van der Waals surface area contributed by atoms with Gasteiger partial charge in [-0.3, -0.25) is 5.41 Å². The van der Waals surface area contributed by atoms with E-state index < -0.39 is 0 Å². The molecule has 258 valence electrons. The fraction of sp³-hybridized carbons (Fsp3) is 0. The second-order valence-corrected chi connectivity index (χ2v) is 13.8. The highest BCUT2D eigenvalue weighted by molar-refractivity contribution is 7.79. The Balaban J connectivity index is 1.12. The zero-order valence-electron chi connectivity index (χ0n) is 29.3. The first-order valence-electron chi connectivity index (χ1n) is 18.0. The molecule has 0 atom stereocenters. The minimum Gasteiger partial charge on any atom is -0.299 e. The topological polar surface area (TPSA) is 87.8 Å². The van der Waals surface area contributed by atoms with Crippen LogP contribution in [0.25, 0.3) is 95.1 Å². The highest BCUT2D eigenvalue weighted by Crippen LogP contribution is 2.37. The third-order valence-electron chi connectivity index (χ3n) is 10.2. The van der Waals surface area contributed by atoms with Crippen LogP contribution in [-0.2, 0) is 0 Å². The first kappa shape index (κ1) is 32.6. The Kier molecular flexibility index (Phi) is 7.93. The minimum atomic E-state index is 0.314. The molecule has 0 saturated heterocycles. The van der Waals surface area contributed by atoms with Crippen LogP contribution in [0.2, 0.25) is 0 Å². The highest BCUT2D eigenvalue weighted by Gasteiger charge is 2.24. The number of aromatic nitrogens is 4. The lowest BCUT2D eigenvalue weighted by molar-refractivity contribution is 1.08. The zero-order valence-corrected chi connectivity index (χ0v) is 30.2. The Hall–Kier alpha value is -7.09. The lowest BCUT2D eigenvalue weighted by Gasteiger charge is -2.20. The molecule has 0 bridgehead atoms. The predicted octanol–water partition coefficient (Wildman–Crippen LogP) is 11.7. The molecule has 6 nitrogen and oxygen atoms in total. The average Bonchev–Trinajstić information content (AvgIpc) is 3.25. The lowest BCUT2D eigenvalue weighted by Crippen LogP contribution is -2.18. The molecule has 2 heterocycles. The molecule has 0 fully saturated rings. The zero-order chi connectivity index (χ0) is 36.9. The molecule has 10 rings (SSSR count). The van der Waals surface area contributed by atoms with Gasteiger partial charge in [-0.05, 0) is 81.9 Å². The molecule has 2 aromatic heterocycles. The van der Waals surface area contributed by atoms with Crippen LogP contribution >= 0.6 is 12.8 Å². The van der Waals surface area contributed by atoms with Crippen molar-refractivity contribution in [3.05, 3.63) is 175 Å². The molecule has 55 heavy (non-hydrogen) atoms. The van der Waals surface area contributed by atoms with Crippen molar-refractivity contribution in [3.63, 3.8) is 0 Å². The summed E-state index contributed by atoms with van der Waals surface area (Å²) in [6, 6.07) is 54.0. The van der Waals surface area contributed by atoms with Gasteiger partial charge in [-0.2, -0.15) is 0 Å². The summed E-state index contributed by atoms with van der Waals surface area (Å²) >= 11 is 4.29. The van der Waals surface area contributed by atoms with Crippen molar-refractivity contribution in [2.24, 2.45) is 4.40 Å². The van der Waals surface area contributed by atoms with E-state index >= 15 is 0 Å². The number of thiol groups is 1. The number of pyridine rings is 1. The van der Waals surface area contributed by atoms with E-state index in [-0.39, 0.29) is 0 Å². The van der Waals surface area contributed by atoms with Gasteiger partial charge in [0, 0.05) is 38.8 Å². The molecular weight excluding hydrogens is 693 g/mol. The van der Waals surface area contributed by atoms with Crippen LogP contribution in [0.5, 0.6) is 0 Å². The van der Waals surface area contributed by atoms with Gasteiger partial charge >= 0.3 is 0 Å². The molecule has 1 aliphatic carbocycles. The average molecular weight is 723 g/mol. The fourth-order valence-corrected chi connectivity index (χ4v) is 7.64. The molecule has 7 heteroatoms. The van der Waals surface area contributed by atoms with Gasteiger partial charge in [0.25, 0.3) is 0 Å². The van der Waals surface area contributed by atoms with Crippen LogP contribution in [-0.4, -0.2) is 31.4 Å². The lowest BCUT2D eigenvalue weighted by atomic mass is 9.87. The monoisotopic (exact) mass is 722 g/mol. The maximum Gasteiger partial charge on any atom is 0.164 e. The van der Waals surface area contributed by atoms with Gasteiger partial charge in [0.15, 0.2) is 17.5 Å². The van der Waals surface area contributed by atoms with Crippen molar-refractivity contribution in [1.82, 2.24) is 19.9 Å². The number of benzene rings is 7. The Morgan fingerprint density at radius 3 is 1.60 bits per heavy atom. The van der Waals surface area contributed by atoms with Crippen LogP contribution < -0.4 is 0 Å². The van der Waals surface area contributed by atoms with Gasteiger partial charge in [-0.25, -0.2) is 24.3 Å². The summed E-state index contributed by atoms with van der Waals surface area (Å²) in [6.07, 6.45) is 3.72. The van der Waals surface area contributed by atoms with Gasteiger partial charge in [-0.1, -0.05) is 133 Å². The number of rotatable bonds is 5. The molecular formula is C48H30N6S. The third kappa shape index (κ3) is 5.87. The first-order valence-corrected chi connectivity index (χ1v) is 18.4. The molecule has 0 saturated carbocycles. The van der Waals surface area contributed by atoms with Crippen LogP contribution in [0, 0.1) is 5.41 Å². The van der Waals surface area contributed by atoms with Crippen molar-refractivity contribution in [1.29, 1.82) is 5.41 Å². The van der Waals surface area contributed by atoms with Crippen LogP contribution in [0.3, 0.4) is 0 Å². The van der Waals surface area contributed by atoms with Gasteiger partial charge in [-0.15, -0.1) is 0 Å². The van der Waals surface area contributed by atoms with Crippen molar-refractivity contribution in [2.75, 3.05) is 0 Å². The third-order valence-corrected chi connectivity index (χ3v) is 10.4. The molecule has 0 spiro atoms. The summed E-state index contributed by atoms with van der Waals surface area (Å²) in [5, 5.41) is 14.1. The molecule has 9 aromatic rings. The molecule has 0 radical (unpaired) electrons. The van der Waals surface area contributed by atoms with E-state index in [2.05, 4.69) is 120 Å². The summed E-state index contributed by atoms with van der Waals surface area (Å²) in [5.74, 6) is 1.81. The second kappa shape index (κ2) is 13.4. The number of nitrogens with one attached hydrogen (secondary N) is 1. The summed E-state index contributed by atoms with van der Waals surface area (Å²) in [5.41, 5.74) is 9.96. The number of hydrogen-bond donors (Lipinski definition) is 2. The minimum absolute atomic E-state index is 0.314. The number of hydrogen-bond acceptors (Lipinski definition) is 7. The molecule has 1 aliphatic rings. The highest BCUT2D eigenvalue weighted by atomic mass is 32.1.